The van der Waals surface area contributed by atoms with E-state index in [1.54, 1.807) is 36.4 Å². The molecule has 0 aromatic heterocycles. The van der Waals surface area contributed by atoms with Gasteiger partial charge in [-0.15, -0.1) is 0 Å². The van der Waals surface area contributed by atoms with Crippen LogP contribution in [0.5, 0.6) is 5.75 Å². The van der Waals surface area contributed by atoms with E-state index in [-0.39, 0.29) is 24.5 Å². The van der Waals surface area contributed by atoms with Gasteiger partial charge in [0, 0.05) is 12.8 Å². The van der Waals surface area contributed by atoms with Crippen LogP contribution in [0, 0.1) is 0 Å². The van der Waals surface area contributed by atoms with Gasteiger partial charge in [0.15, 0.2) is 0 Å². The number of carbonyl (C=O) groups is 2. The van der Waals surface area contributed by atoms with Crippen molar-refractivity contribution in [3.05, 3.63) is 55.9 Å². The average Bonchev–Trinajstić information content (AvgIpc) is 2.60. The lowest BCUT2D eigenvalue weighted by molar-refractivity contribution is -0.124. The van der Waals surface area contributed by atoms with E-state index in [1.165, 1.54) is 6.21 Å². The van der Waals surface area contributed by atoms with Gasteiger partial charge in [-0.05, 0) is 61.7 Å². The molecule has 2 rings (SSSR count). The summed E-state index contributed by atoms with van der Waals surface area (Å²) in [6.45, 7) is 0. The molecule has 0 bridgehead atoms. The molecular weight excluding hydrogens is 489 g/mol. The van der Waals surface area contributed by atoms with Crippen LogP contribution >= 0.6 is 43.5 Å². The Morgan fingerprint density at radius 1 is 1.12 bits per heavy atom. The van der Waals surface area contributed by atoms with Crippen molar-refractivity contribution in [1.82, 2.24) is 5.43 Å². The molecule has 2 aromatic carbocycles. The number of hydrogen-bond acceptors (Lipinski definition) is 4. The summed E-state index contributed by atoms with van der Waals surface area (Å²) in [7, 11) is 0. The van der Waals surface area contributed by atoms with Gasteiger partial charge in [-0.25, -0.2) is 5.43 Å². The third kappa shape index (κ3) is 6.12. The molecule has 0 aliphatic rings. The Bertz CT molecular complexity index is 836. The lowest BCUT2D eigenvalue weighted by Crippen LogP contribution is -2.20. The molecule has 0 aliphatic heterocycles. The van der Waals surface area contributed by atoms with Gasteiger partial charge in [0.05, 0.1) is 25.9 Å². The lowest BCUT2D eigenvalue weighted by Gasteiger charge is -2.06. The number of para-hydroxylation sites is 1. The monoisotopic (exact) mass is 501 g/mol. The highest BCUT2D eigenvalue weighted by atomic mass is 79.9. The van der Waals surface area contributed by atoms with Gasteiger partial charge in [0.1, 0.15) is 5.75 Å². The number of phenols is 1. The van der Waals surface area contributed by atoms with E-state index in [0.717, 1.165) is 0 Å². The number of carbonyl (C=O) groups excluding carboxylic acids is 2. The lowest BCUT2D eigenvalue weighted by atomic mass is 10.2. The molecule has 0 heterocycles. The smallest absolute Gasteiger partial charge is 0.240 e. The zero-order valence-electron chi connectivity index (χ0n) is 13.3. The largest absolute Gasteiger partial charge is 0.506 e. The quantitative estimate of drug-likeness (QED) is 0.402. The summed E-state index contributed by atoms with van der Waals surface area (Å²) < 4.78 is 0.992. The first-order valence-corrected chi connectivity index (χ1v) is 9.37. The Balaban J connectivity index is 1.80. The fourth-order valence-corrected chi connectivity index (χ4v) is 3.30. The summed E-state index contributed by atoms with van der Waals surface area (Å²) in [6, 6.07) is 10.1. The summed E-state index contributed by atoms with van der Waals surface area (Å²) in [6.07, 6.45) is 1.41. The van der Waals surface area contributed by atoms with E-state index in [2.05, 4.69) is 47.7 Å². The Labute approximate surface area is 171 Å². The number of anilines is 1. The van der Waals surface area contributed by atoms with Gasteiger partial charge in [-0.3, -0.25) is 9.59 Å². The summed E-state index contributed by atoms with van der Waals surface area (Å²) >= 11 is 12.4. The minimum atomic E-state index is -0.396. The van der Waals surface area contributed by atoms with Gasteiger partial charge in [0.2, 0.25) is 11.8 Å². The Morgan fingerprint density at radius 3 is 2.38 bits per heavy atom. The number of halogens is 3. The first-order chi connectivity index (χ1) is 12.4. The second-order valence-electron chi connectivity index (χ2n) is 5.15. The van der Waals surface area contributed by atoms with Gasteiger partial charge in [-0.1, -0.05) is 23.7 Å². The number of hydrazone groups is 1. The van der Waals surface area contributed by atoms with Crippen molar-refractivity contribution >= 4 is 67.2 Å². The topological polar surface area (TPSA) is 90.8 Å². The van der Waals surface area contributed by atoms with Crippen LogP contribution in [0.1, 0.15) is 18.4 Å². The van der Waals surface area contributed by atoms with E-state index in [4.69, 9.17) is 11.6 Å². The van der Waals surface area contributed by atoms with Crippen LogP contribution in [-0.4, -0.2) is 23.1 Å². The van der Waals surface area contributed by atoms with Gasteiger partial charge in [-0.2, -0.15) is 5.10 Å². The summed E-state index contributed by atoms with van der Waals surface area (Å²) in [5, 5.41) is 16.5. The minimum Gasteiger partial charge on any atom is -0.506 e. The van der Waals surface area contributed by atoms with Crippen molar-refractivity contribution in [2.24, 2.45) is 5.10 Å². The number of phenolic OH excluding ortho intramolecular Hbond substituents is 1. The zero-order chi connectivity index (χ0) is 19.1. The molecule has 26 heavy (non-hydrogen) atoms. The van der Waals surface area contributed by atoms with Crippen LogP contribution in [0.2, 0.25) is 5.02 Å². The van der Waals surface area contributed by atoms with Crippen molar-refractivity contribution in [1.29, 1.82) is 0 Å². The van der Waals surface area contributed by atoms with E-state index >= 15 is 0 Å². The molecule has 3 N–H and O–H groups in total. The summed E-state index contributed by atoms with van der Waals surface area (Å²) in [5.41, 5.74) is 3.51. The molecule has 136 valence electrons. The third-order valence-corrected chi connectivity index (χ3v) is 4.71. The number of rotatable bonds is 6. The van der Waals surface area contributed by atoms with Crippen LogP contribution in [0.3, 0.4) is 0 Å². The maximum absolute atomic E-state index is 11.8. The highest BCUT2D eigenvalue weighted by Crippen LogP contribution is 2.32. The summed E-state index contributed by atoms with van der Waals surface area (Å²) in [5.74, 6) is -0.633. The maximum atomic E-state index is 11.8. The van der Waals surface area contributed by atoms with Gasteiger partial charge < -0.3 is 10.4 Å². The molecule has 2 aromatic rings. The molecule has 0 radical (unpaired) electrons. The number of benzene rings is 2. The predicted octanol–water partition coefficient (Wildman–Crippen LogP) is 4.44. The van der Waals surface area contributed by atoms with Crippen LogP contribution < -0.4 is 10.7 Å². The van der Waals surface area contributed by atoms with Crippen LogP contribution in [0.25, 0.3) is 0 Å². The number of hydrogen-bond donors (Lipinski definition) is 3. The Kier molecular flexibility index (Phi) is 7.62. The maximum Gasteiger partial charge on any atom is 0.240 e. The van der Waals surface area contributed by atoms with Crippen molar-refractivity contribution in [3.8, 4) is 5.75 Å². The molecule has 0 fully saturated rings. The molecule has 6 nitrogen and oxygen atoms in total. The van der Waals surface area contributed by atoms with Crippen molar-refractivity contribution in [2.75, 3.05) is 5.32 Å². The third-order valence-electron chi connectivity index (χ3n) is 3.17. The second-order valence-corrected chi connectivity index (χ2v) is 7.27. The molecule has 2 amide bonds. The first kappa shape index (κ1) is 20.4. The second kappa shape index (κ2) is 9.70. The van der Waals surface area contributed by atoms with Crippen LogP contribution in [0.4, 0.5) is 5.69 Å². The molecule has 0 unspecified atom stereocenters. The molecule has 9 heteroatoms. The van der Waals surface area contributed by atoms with Crippen LogP contribution in [-0.2, 0) is 9.59 Å². The van der Waals surface area contributed by atoms with E-state index in [0.29, 0.717) is 25.2 Å². The number of amides is 2. The SMILES string of the molecule is O=C(CCC(=O)Nc1ccccc1Cl)N/N=C/c1cc(Br)c(O)c(Br)c1. The van der Waals surface area contributed by atoms with E-state index < -0.39 is 5.91 Å². The molecule has 0 saturated carbocycles. The molecule has 0 aliphatic carbocycles. The van der Waals surface area contributed by atoms with E-state index in [9.17, 15) is 14.7 Å². The van der Waals surface area contributed by atoms with Crippen molar-refractivity contribution < 1.29 is 14.7 Å². The van der Waals surface area contributed by atoms with Crippen molar-refractivity contribution in [3.63, 3.8) is 0 Å². The molecule has 0 atom stereocenters. The number of nitrogens with one attached hydrogen (secondary N) is 2. The first-order valence-electron chi connectivity index (χ1n) is 7.41. The standard InChI is InChI=1S/C17H14Br2ClN3O3/c18-11-7-10(8-12(19)17(11)26)9-21-23-16(25)6-5-15(24)22-14-4-2-1-3-13(14)20/h1-4,7-9,26H,5-6H2,(H,22,24)(H,23,25)/b21-9+. The minimum absolute atomic E-state index is 0.00286. The zero-order valence-corrected chi connectivity index (χ0v) is 17.2. The average molecular weight is 504 g/mol. The van der Waals surface area contributed by atoms with Gasteiger partial charge in [0.25, 0.3) is 0 Å². The Hall–Kier alpha value is -1.90. The van der Waals surface area contributed by atoms with Crippen molar-refractivity contribution in [2.45, 2.75) is 12.8 Å². The predicted molar refractivity (Wildman–Crippen MR) is 109 cm³/mol. The highest BCUT2D eigenvalue weighted by molar-refractivity contribution is 9.11. The fourth-order valence-electron chi connectivity index (χ4n) is 1.90. The molecule has 0 saturated heterocycles. The fraction of sp³-hybridized carbons (Fsp3) is 0.118. The highest BCUT2D eigenvalue weighted by Gasteiger charge is 2.08. The number of nitrogens with zero attached hydrogens (tertiary/aromatic N) is 1. The normalized spacial score (nSPS) is 10.7. The van der Waals surface area contributed by atoms with Gasteiger partial charge >= 0.3 is 0 Å². The van der Waals surface area contributed by atoms with E-state index in [1.807, 2.05) is 0 Å². The molecule has 0 spiro atoms. The molecular formula is C17H14Br2ClN3O3. The Morgan fingerprint density at radius 2 is 1.73 bits per heavy atom. The summed E-state index contributed by atoms with van der Waals surface area (Å²) in [4.78, 5) is 23.6. The number of aromatic hydroxyl groups is 1. The van der Waals surface area contributed by atoms with Crippen LogP contribution in [0.15, 0.2) is 50.4 Å².